The van der Waals surface area contributed by atoms with E-state index in [0.717, 1.165) is 17.5 Å². The van der Waals surface area contributed by atoms with E-state index >= 15 is 0 Å². The Morgan fingerprint density at radius 3 is 1.82 bits per heavy atom. The number of hydrogen-bond acceptors (Lipinski definition) is 2. The van der Waals surface area contributed by atoms with Crippen LogP contribution in [0.15, 0.2) is 78.9 Å². The smallest absolute Gasteiger partial charge is 0.395 e. The van der Waals surface area contributed by atoms with Crippen LogP contribution in [0.1, 0.15) is 11.1 Å². The molecular formula is C19H15O2P. The fraction of sp³-hybridized carbons (Fsp3) is 0.0526. The summed E-state index contributed by atoms with van der Waals surface area (Å²) in [5, 5.41) is 0. The summed E-state index contributed by atoms with van der Waals surface area (Å²) in [7, 11) is -0.329. The average Bonchev–Trinajstić information content (AvgIpc) is 2.58. The molecular weight excluding hydrogens is 291 g/mol. The Bertz CT molecular complexity index is 735. The molecule has 0 unspecified atom stereocenters. The van der Waals surface area contributed by atoms with Crippen molar-refractivity contribution in [3.05, 3.63) is 90.0 Å². The molecule has 0 atom stereocenters. The van der Waals surface area contributed by atoms with E-state index in [1.54, 1.807) is 0 Å². The molecule has 0 amide bonds. The van der Waals surface area contributed by atoms with Gasteiger partial charge in [-0.2, -0.15) is 0 Å². The summed E-state index contributed by atoms with van der Waals surface area (Å²) in [5.74, 6) is 0.598. The normalized spacial score (nSPS) is 10.5. The van der Waals surface area contributed by atoms with Crippen LogP contribution in [0.4, 0.5) is 0 Å². The quantitative estimate of drug-likeness (QED) is 0.579. The van der Waals surface area contributed by atoms with Crippen molar-refractivity contribution >= 4 is 8.69 Å². The lowest BCUT2D eigenvalue weighted by atomic mass is 10.0. The molecule has 2 nitrogen and oxygen atoms in total. The fourth-order valence-corrected chi connectivity index (χ4v) is 2.61. The van der Waals surface area contributed by atoms with E-state index in [2.05, 4.69) is 48.5 Å². The lowest BCUT2D eigenvalue weighted by Crippen LogP contribution is -1.87. The highest BCUT2D eigenvalue weighted by Crippen LogP contribution is 2.24. The van der Waals surface area contributed by atoms with Gasteiger partial charge in [-0.05, 0) is 40.8 Å². The van der Waals surface area contributed by atoms with Gasteiger partial charge < -0.3 is 4.52 Å². The summed E-state index contributed by atoms with van der Waals surface area (Å²) in [6.45, 7) is 0. The second-order valence-corrected chi connectivity index (χ2v) is 5.38. The minimum Gasteiger partial charge on any atom is -0.408 e. The van der Waals surface area contributed by atoms with E-state index in [1.165, 1.54) is 11.1 Å². The van der Waals surface area contributed by atoms with Gasteiger partial charge >= 0.3 is 8.69 Å². The third-order valence-corrected chi connectivity index (χ3v) is 3.82. The zero-order valence-electron chi connectivity index (χ0n) is 12.0. The largest absolute Gasteiger partial charge is 0.408 e. The summed E-state index contributed by atoms with van der Waals surface area (Å²) in [4.78, 5) is 0. The molecule has 0 spiro atoms. The molecule has 0 saturated heterocycles. The highest BCUT2D eigenvalue weighted by Gasteiger charge is 2.01. The van der Waals surface area contributed by atoms with Gasteiger partial charge in [-0.1, -0.05) is 66.7 Å². The van der Waals surface area contributed by atoms with Crippen LogP contribution in [0.5, 0.6) is 5.75 Å². The molecule has 0 radical (unpaired) electrons. The van der Waals surface area contributed by atoms with Crippen molar-refractivity contribution in [2.45, 2.75) is 6.42 Å². The van der Waals surface area contributed by atoms with E-state index < -0.39 is 0 Å². The third kappa shape index (κ3) is 3.60. The molecule has 3 aromatic rings. The van der Waals surface area contributed by atoms with E-state index in [0.29, 0.717) is 5.75 Å². The predicted molar refractivity (Wildman–Crippen MR) is 89.4 cm³/mol. The summed E-state index contributed by atoms with van der Waals surface area (Å²) in [6, 6.07) is 26.6. The first-order chi connectivity index (χ1) is 10.8. The van der Waals surface area contributed by atoms with Crippen LogP contribution in [0, 0.1) is 0 Å². The Kier molecular flexibility index (Phi) is 4.62. The van der Waals surface area contributed by atoms with Crippen LogP contribution < -0.4 is 4.52 Å². The summed E-state index contributed by atoms with van der Waals surface area (Å²) in [5.41, 5.74) is 4.87. The van der Waals surface area contributed by atoms with Gasteiger partial charge in [0, 0.05) is 0 Å². The van der Waals surface area contributed by atoms with Crippen molar-refractivity contribution in [2.75, 3.05) is 0 Å². The van der Waals surface area contributed by atoms with Gasteiger partial charge in [-0.25, -0.2) is 4.57 Å². The Morgan fingerprint density at radius 1 is 0.682 bits per heavy atom. The maximum atomic E-state index is 10.4. The maximum absolute atomic E-state index is 10.4. The van der Waals surface area contributed by atoms with Gasteiger partial charge in [0.1, 0.15) is 5.75 Å². The van der Waals surface area contributed by atoms with Crippen LogP contribution in [-0.2, 0) is 11.0 Å². The van der Waals surface area contributed by atoms with Gasteiger partial charge in [0.05, 0.1) is 0 Å². The van der Waals surface area contributed by atoms with Crippen molar-refractivity contribution in [1.29, 1.82) is 0 Å². The Hall–Kier alpha value is -2.44. The van der Waals surface area contributed by atoms with Gasteiger partial charge in [-0.3, -0.25) is 0 Å². The molecule has 0 aromatic heterocycles. The van der Waals surface area contributed by atoms with E-state index in [9.17, 15) is 4.57 Å². The molecule has 0 fully saturated rings. The number of rotatable bonds is 5. The summed E-state index contributed by atoms with van der Waals surface area (Å²) < 4.78 is 15.3. The van der Waals surface area contributed by atoms with Crippen molar-refractivity contribution in [3.63, 3.8) is 0 Å². The Balaban J connectivity index is 1.74. The Labute approximate surface area is 131 Å². The zero-order chi connectivity index (χ0) is 15.2. The minimum atomic E-state index is -0.329. The van der Waals surface area contributed by atoms with E-state index in [-0.39, 0.29) is 8.69 Å². The number of benzene rings is 3. The molecule has 0 aliphatic rings. The highest BCUT2D eigenvalue weighted by molar-refractivity contribution is 7.17. The molecule has 0 aliphatic carbocycles. The second kappa shape index (κ2) is 7.02. The first kappa shape index (κ1) is 14.5. The van der Waals surface area contributed by atoms with Crippen molar-refractivity contribution in [2.24, 2.45) is 0 Å². The molecule has 3 aromatic carbocycles. The van der Waals surface area contributed by atoms with Gasteiger partial charge in [0.25, 0.3) is 0 Å². The Morgan fingerprint density at radius 2 is 1.23 bits per heavy atom. The average molecular weight is 306 g/mol. The standard InChI is InChI=1S/C19H15O2P/c20-22-21-19-12-10-18(11-13-19)17-8-6-16(7-9-17)14-15-4-2-1-3-5-15/h1-13H,14H2. The number of hydrogen-bond donors (Lipinski definition) is 0. The predicted octanol–water partition coefficient (Wildman–Crippen LogP) is 5.53. The van der Waals surface area contributed by atoms with E-state index in [1.807, 2.05) is 30.3 Å². The van der Waals surface area contributed by atoms with Crippen LogP contribution in [0.2, 0.25) is 0 Å². The maximum Gasteiger partial charge on any atom is 0.395 e. The molecule has 108 valence electrons. The first-order valence-corrected chi connectivity index (χ1v) is 7.81. The molecule has 3 heteroatoms. The van der Waals surface area contributed by atoms with Crippen LogP contribution in [0.3, 0.4) is 0 Å². The van der Waals surface area contributed by atoms with Crippen LogP contribution in [0.25, 0.3) is 11.1 Å². The highest BCUT2D eigenvalue weighted by atomic mass is 31.1. The van der Waals surface area contributed by atoms with Crippen LogP contribution in [-0.4, -0.2) is 0 Å². The van der Waals surface area contributed by atoms with E-state index in [4.69, 9.17) is 4.52 Å². The fourth-order valence-electron chi connectivity index (χ4n) is 2.40. The molecule has 0 N–H and O–H groups in total. The zero-order valence-corrected chi connectivity index (χ0v) is 12.9. The van der Waals surface area contributed by atoms with Gasteiger partial charge in [0.2, 0.25) is 0 Å². The molecule has 0 saturated carbocycles. The molecule has 0 aliphatic heterocycles. The van der Waals surface area contributed by atoms with Gasteiger partial charge in [-0.15, -0.1) is 0 Å². The monoisotopic (exact) mass is 306 g/mol. The molecule has 0 heterocycles. The topological polar surface area (TPSA) is 26.3 Å². The van der Waals surface area contributed by atoms with Crippen LogP contribution >= 0.6 is 8.69 Å². The van der Waals surface area contributed by atoms with Crippen molar-refractivity contribution in [3.8, 4) is 16.9 Å². The third-order valence-electron chi connectivity index (χ3n) is 3.54. The van der Waals surface area contributed by atoms with Gasteiger partial charge in [0.15, 0.2) is 0 Å². The van der Waals surface area contributed by atoms with Crippen molar-refractivity contribution in [1.82, 2.24) is 0 Å². The SMILES string of the molecule is O=POc1ccc(-c2ccc(Cc3ccccc3)cc2)cc1. The molecule has 3 rings (SSSR count). The lowest BCUT2D eigenvalue weighted by molar-refractivity contribution is 0.525. The lowest BCUT2D eigenvalue weighted by Gasteiger charge is -2.06. The van der Waals surface area contributed by atoms with Crippen molar-refractivity contribution < 1.29 is 9.09 Å². The minimum absolute atomic E-state index is 0.329. The summed E-state index contributed by atoms with van der Waals surface area (Å²) in [6.07, 6.45) is 0.941. The summed E-state index contributed by atoms with van der Waals surface area (Å²) >= 11 is 0. The molecule has 0 bridgehead atoms. The second-order valence-electron chi connectivity index (χ2n) is 5.05. The molecule has 22 heavy (non-hydrogen) atoms. The first-order valence-electron chi connectivity index (χ1n) is 7.08.